The van der Waals surface area contributed by atoms with Crippen molar-refractivity contribution in [2.45, 2.75) is 20.8 Å². The van der Waals surface area contributed by atoms with Crippen molar-refractivity contribution in [3.8, 4) is 11.5 Å². The number of ether oxygens (including phenoxy) is 2. The summed E-state index contributed by atoms with van der Waals surface area (Å²) in [4.78, 5) is 0. The van der Waals surface area contributed by atoms with Crippen LogP contribution in [-0.2, 0) is 0 Å². The molecule has 0 aliphatic carbocycles. The van der Waals surface area contributed by atoms with Crippen LogP contribution in [0.1, 0.15) is 16.7 Å². The van der Waals surface area contributed by atoms with E-state index in [0.717, 1.165) is 17.1 Å². The van der Waals surface area contributed by atoms with Crippen LogP contribution in [0, 0.1) is 20.8 Å². The van der Waals surface area contributed by atoms with Crippen LogP contribution in [-0.4, -0.2) is 13.2 Å². The van der Waals surface area contributed by atoms with E-state index in [2.05, 4.69) is 32.9 Å². The Hall–Kier alpha value is -2.16. The fourth-order valence-corrected chi connectivity index (χ4v) is 2.06. The summed E-state index contributed by atoms with van der Waals surface area (Å²) in [5.74, 6) is 1.73. The predicted molar refractivity (Wildman–Crippen MR) is 82.5 cm³/mol. The minimum absolute atomic E-state index is 0.496. The molecule has 0 saturated heterocycles. The van der Waals surface area contributed by atoms with Crippen molar-refractivity contribution in [1.29, 1.82) is 0 Å². The second kappa shape index (κ2) is 6.33. The number of benzene rings is 2. The van der Waals surface area contributed by atoms with E-state index in [1.807, 2.05) is 24.3 Å². The maximum Gasteiger partial charge on any atom is 0.125 e. The Kier molecular flexibility index (Phi) is 4.51. The number of anilines is 1. The summed E-state index contributed by atoms with van der Waals surface area (Å²) in [5, 5.41) is 0. The molecule has 0 amide bonds. The van der Waals surface area contributed by atoms with E-state index < -0.39 is 0 Å². The Labute approximate surface area is 120 Å². The zero-order valence-corrected chi connectivity index (χ0v) is 12.3. The Balaban J connectivity index is 1.89. The highest BCUT2D eigenvalue weighted by Crippen LogP contribution is 2.25. The molecule has 106 valence electrons. The second-order valence-corrected chi connectivity index (χ2v) is 4.92. The summed E-state index contributed by atoms with van der Waals surface area (Å²) in [7, 11) is 0. The lowest BCUT2D eigenvalue weighted by Crippen LogP contribution is -2.10. The molecule has 0 radical (unpaired) electrons. The van der Waals surface area contributed by atoms with Gasteiger partial charge in [0.2, 0.25) is 0 Å². The predicted octanol–water partition coefficient (Wildman–Crippen LogP) is 3.65. The molecule has 0 unspecified atom stereocenters. The molecular formula is C17H21NO2. The van der Waals surface area contributed by atoms with Gasteiger partial charge < -0.3 is 15.2 Å². The molecule has 0 heterocycles. The van der Waals surface area contributed by atoms with Gasteiger partial charge in [-0.05, 0) is 49.6 Å². The zero-order chi connectivity index (χ0) is 14.5. The highest BCUT2D eigenvalue weighted by molar-refractivity contribution is 5.45. The fraction of sp³-hybridized carbons (Fsp3) is 0.294. The van der Waals surface area contributed by atoms with Crippen LogP contribution in [0.5, 0.6) is 11.5 Å². The van der Waals surface area contributed by atoms with Gasteiger partial charge in [-0.1, -0.05) is 18.2 Å². The lowest BCUT2D eigenvalue weighted by molar-refractivity contribution is 0.215. The third-order valence-electron chi connectivity index (χ3n) is 3.33. The topological polar surface area (TPSA) is 44.5 Å². The molecule has 2 aromatic rings. The van der Waals surface area contributed by atoms with Gasteiger partial charge in [-0.3, -0.25) is 0 Å². The molecule has 0 aliphatic heterocycles. The maximum absolute atomic E-state index is 5.84. The first-order chi connectivity index (χ1) is 9.58. The number of nitrogens with two attached hydrogens (primary N) is 1. The normalized spacial score (nSPS) is 10.3. The standard InChI is InChI=1S/C17H21NO2/c1-12-7-8-13(2)17(14(12)3)20-10-9-19-16-6-4-5-15(18)11-16/h4-8,11H,9-10,18H2,1-3H3. The van der Waals surface area contributed by atoms with Gasteiger partial charge in [0.25, 0.3) is 0 Å². The van der Waals surface area contributed by atoms with E-state index in [9.17, 15) is 0 Å². The number of hydrogen-bond acceptors (Lipinski definition) is 3. The maximum atomic E-state index is 5.84. The number of hydrogen-bond donors (Lipinski definition) is 1. The van der Waals surface area contributed by atoms with Crippen LogP contribution >= 0.6 is 0 Å². The molecule has 3 nitrogen and oxygen atoms in total. The van der Waals surface area contributed by atoms with Crippen LogP contribution in [0.15, 0.2) is 36.4 Å². The molecule has 0 bridgehead atoms. The Morgan fingerprint density at radius 1 is 0.900 bits per heavy atom. The van der Waals surface area contributed by atoms with E-state index >= 15 is 0 Å². The van der Waals surface area contributed by atoms with Gasteiger partial charge in [0, 0.05) is 11.8 Å². The smallest absolute Gasteiger partial charge is 0.125 e. The van der Waals surface area contributed by atoms with Crippen LogP contribution in [0.25, 0.3) is 0 Å². The van der Waals surface area contributed by atoms with Gasteiger partial charge in [0.05, 0.1) is 0 Å². The summed E-state index contributed by atoms with van der Waals surface area (Å²) in [6.07, 6.45) is 0. The first kappa shape index (κ1) is 14.3. The molecular weight excluding hydrogens is 250 g/mol. The van der Waals surface area contributed by atoms with E-state index in [-0.39, 0.29) is 0 Å². The van der Waals surface area contributed by atoms with Crippen LogP contribution in [0.2, 0.25) is 0 Å². The molecule has 20 heavy (non-hydrogen) atoms. The third kappa shape index (κ3) is 3.44. The molecule has 0 fully saturated rings. The van der Waals surface area contributed by atoms with Crippen molar-refractivity contribution in [3.63, 3.8) is 0 Å². The monoisotopic (exact) mass is 271 g/mol. The lowest BCUT2D eigenvalue weighted by atomic mass is 10.1. The van der Waals surface area contributed by atoms with Gasteiger partial charge >= 0.3 is 0 Å². The molecule has 0 spiro atoms. The minimum atomic E-state index is 0.496. The van der Waals surface area contributed by atoms with E-state index in [4.69, 9.17) is 15.2 Å². The molecule has 0 aromatic heterocycles. The minimum Gasteiger partial charge on any atom is -0.490 e. The average molecular weight is 271 g/mol. The number of nitrogen functional groups attached to an aromatic ring is 1. The SMILES string of the molecule is Cc1ccc(C)c(OCCOc2cccc(N)c2)c1C. The summed E-state index contributed by atoms with van der Waals surface area (Å²) < 4.78 is 11.5. The molecule has 3 heteroatoms. The Bertz CT molecular complexity index is 594. The van der Waals surface area contributed by atoms with Crippen LogP contribution in [0.3, 0.4) is 0 Å². The van der Waals surface area contributed by atoms with Gasteiger partial charge in [-0.25, -0.2) is 0 Å². The van der Waals surface area contributed by atoms with E-state index in [1.54, 1.807) is 0 Å². The average Bonchev–Trinajstić information content (AvgIpc) is 2.42. The van der Waals surface area contributed by atoms with Gasteiger partial charge in [-0.15, -0.1) is 0 Å². The van der Waals surface area contributed by atoms with E-state index in [0.29, 0.717) is 18.9 Å². The molecule has 0 aliphatic rings. The lowest BCUT2D eigenvalue weighted by Gasteiger charge is -2.14. The van der Waals surface area contributed by atoms with Crippen molar-refractivity contribution in [2.75, 3.05) is 18.9 Å². The van der Waals surface area contributed by atoms with Crippen LogP contribution in [0.4, 0.5) is 5.69 Å². The number of aryl methyl sites for hydroxylation is 2. The Morgan fingerprint density at radius 3 is 2.35 bits per heavy atom. The number of rotatable bonds is 5. The molecule has 0 atom stereocenters. The highest BCUT2D eigenvalue weighted by atomic mass is 16.5. The van der Waals surface area contributed by atoms with Crippen molar-refractivity contribution < 1.29 is 9.47 Å². The molecule has 2 aromatic carbocycles. The van der Waals surface area contributed by atoms with Crippen molar-refractivity contribution in [1.82, 2.24) is 0 Å². The first-order valence-electron chi connectivity index (χ1n) is 6.76. The van der Waals surface area contributed by atoms with Crippen molar-refractivity contribution in [2.24, 2.45) is 0 Å². The highest BCUT2D eigenvalue weighted by Gasteiger charge is 2.06. The van der Waals surface area contributed by atoms with Crippen molar-refractivity contribution >= 4 is 5.69 Å². The largest absolute Gasteiger partial charge is 0.490 e. The van der Waals surface area contributed by atoms with Crippen LogP contribution < -0.4 is 15.2 Å². The van der Waals surface area contributed by atoms with Crippen molar-refractivity contribution in [3.05, 3.63) is 53.1 Å². The summed E-state index contributed by atoms with van der Waals surface area (Å²) in [5.41, 5.74) is 9.98. The summed E-state index contributed by atoms with van der Waals surface area (Å²) in [6, 6.07) is 11.6. The molecule has 2 rings (SSSR count). The molecule has 0 saturated carbocycles. The quantitative estimate of drug-likeness (QED) is 0.667. The van der Waals surface area contributed by atoms with Gasteiger partial charge in [-0.2, -0.15) is 0 Å². The third-order valence-corrected chi connectivity index (χ3v) is 3.33. The van der Waals surface area contributed by atoms with E-state index in [1.165, 1.54) is 11.1 Å². The first-order valence-corrected chi connectivity index (χ1v) is 6.76. The summed E-state index contributed by atoms with van der Waals surface area (Å²) >= 11 is 0. The Morgan fingerprint density at radius 2 is 1.60 bits per heavy atom. The summed E-state index contributed by atoms with van der Waals surface area (Å²) in [6.45, 7) is 7.23. The zero-order valence-electron chi connectivity index (χ0n) is 12.3. The van der Waals surface area contributed by atoms with Gasteiger partial charge in [0.15, 0.2) is 0 Å². The van der Waals surface area contributed by atoms with Gasteiger partial charge in [0.1, 0.15) is 24.7 Å². The second-order valence-electron chi connectivity index (χ2n) is 4.92. The fourth-order valence-electron chi connectivity index (χ4n) is 2.06. The molecule has 2 N–H and O–H groups in total.